The smallest absolute Gasteiger partial charge is 0.0174 e. The predicted molar refractivity (Wildman–Crippen MR) is 115 cm³/mol. The van der Waals surface area contributed by atoms with Gasteiger partial charge in [0.05, 0.1) is 0 Å². The maximum absolute atomic E-state index is 2.43. The Balaban J connectivity index is 2.26. The largest absolute Gasteiger partial charge is 0.0953 e. The summed E-state index contributed by atoms with van der Waals surface area (Å²) in [6.45, 7) is 14.6. The summed E-state index contributed by atoms with van der Waals surface area (Å²) >= 11 is 0. The van der Waals surface area contributed by atoms with E-state index in [4.69, 9.17) is 0 Å². The molecular weight excluding hydrogens is 326 g/mol. The fraction of sp³-hybridized carbons (Fsp3) is 0.455. The average molecular weight is 358 g/mol. The van der Waals surface area contributed by atoms with Gasteiger partial charge >= 0.3 is 0 Å². The van der Waals surface area contributed by atoms with E-state index in [1.165, 1.54) is 22.9 Å². The second kappa shape index (κ2) is 8.12. The first-order valence-corrected chi connectivity index (χ1v) is 11.9. The molecule has 0 heterocycles. The van der Waals surface area contributed by atoms with Gasteiger partial charge in [-0.25, -0.2) is 0 Å². The van der Waals surface area contributed by atoms with Crippen LogP contribution in [0.15, 0.2) is 60.7 Å². The number of hydrogen-bond acceptors (Lipinski definition) is 0. The maximum Gasteiger partial charge on any atom is -0.0174 e. The first kappa shape index (κ1) is 19.6. The van der Waals surface area contributed by atoms with Crippen molar-refractivity contribution in [3.8, 4) is 0 Å². The second-order valence-electron chi connectivity index (χ2n) is 8.32. The lowest BCUT2D eigenvalue weighted by Crippen LogP contribution is -2.28. The molecule has 0 spiro atoms. The van der Waals surface area contributed by atoms with Gasteiger partial charge in [-0.05, 0) is 41.2 Å². The number of benzene rings is 2. The van der Waals surface area contributed by atoms with Gasteiger partial charge in [-0.3, -0.25) is 0 Å². The zero-order valence-corrected chi connectivity index (χ0v) is 17.9. The Morgan fingerprint density at radius 2 is 0.958 bits per heavy atom. The normalized spacial score (nSPS) is 12.8. The first-order valence-electron chi connectivity index (χ1n) is 8.85. The second-order valence-corrected chi connectivity index (χ2v) is 14.6. The molecule has 0 nitrogen and oxygen atoms in total. The van der Waals surface area contributed by atoms with E-state index in [-0.39, 0.29) is 15.8 Å². The molecule has 0 N–H and O–H groups in total. The minimum Gasteiger partial charge on any atom is -0.0953 e. The Hall–Kier alpha value is -0.700. The topological polar surface area (TPSA) is 0 Å². The highest BCUT2D eigenvalue weighted by Gasteiger charge is 2.34. The SMILES string of the molecule is CC(C)(C)P(CCP(c1ccccc1)c1ccccc1)C(C)(C)C. The summed E-state index contributed by atoms with van der Waals surface area (Å²) in [4.78, 5) is 0. The van der Waals surface area contributed by atoms with Gasteiger partial charge in [0.25, 0.3) is 0 Å². The lowest BCUT2D eigenvalue weighted by molar-refractivity contribution is 0.705. The Labute approximate surface area is 151 Å². The van der Waals surface area contributed by atoms with E-state index < -0.39 is 0 Å². The Kier molecular flexibility index (Phi) is 6.64. The van der Waals surface area contributed by atoms with Crippen molar-refractivity contribution in [2.75, 3.05) is 12.3 Å². The average Bonchev–Trinajstić information content (AvgIpc) is 2.51. The maximum atomic E-state index is 2.43. The van der Waals surface area contributed by atoms with E-state index in [2.05, 4.69) is 102 Å². The van der Waals surface area contributed by atoms with Crippen LogP contribution >= 0.6 is 15.8 Å². The van der Waals surface area contributed by atoms with Crippen LogP contribution in [0.4, 0.5) is 0 Å². The molecule has 0 bridgehead atoms. The lowest BCUT2D eigenvalue weighted by atomic mass is 10.2. The van der Waals surface area contributed by atoms with Gasteiger partial charge in [-0.1, -0.05) is 110 Å². The van der Waals surface area contributed by atoms with Crippen LogP contribution in [-0.4, -0.2) is 22.6 Å². The van der Waals surface area contributed by atoms with Gasteiger partial charge in [0.15, 0.2) is 0 Å². The Bertz CT molecular complexity index is 552. The van der Waals surface area contributed by atoms with Gasteiger partial charge in [0, 0.05) is 0 Å². The summed E-state index contributed by atoms with van der Waals surface area (Å²) in [5, 5.41) is 3.83. The van der Waals surface area contributed by atoms with Gasteiger partial charge in [-0.2, -0.15) is 0 Å². The highest BCUT2D eigenvalue weighted by atomic mass is 31.1. The summed E-state index contributed by atoms with van der Waals surface area (Å²) in [7, 11) is -0.301. The van der Waals surface area contributed by atoms with Crippen molar-refractivity contribution in [1.82, 2.24) is 0 Å². The fourth-order valence-corrected chi connectivity index (χ4v) is 10.3. The van der Waals surface area contributed by atoms with E-state index >= 15 is 0 Å². The molecule has 0 aromatic heterocycles. The zero-order chi connectivity index (χ0) is 17.8. The lowest BCUT2D eigenvalue weighted by Gasteiger charge is -2.42. The van der Waals surface area contributed by atoms with Crippen LogP contribution in [0.25, 0.3) is 0 Å². The molecule has 0 saturated heterocycles. The molecule has 0 atom stereocenters. The van der Waals surface area contributed by atoms with E-state index in [0.717, 1.165) is 0 Å². The van der Waals surface area contributed by atoms with Crippen LogP contribution in [0.1, 0.15) is 41.5 Å². The van der Waals surface area contributed by atoms with Crippen LogP contribution in [0.2, 0.25) is 0 Å². The monoisotopic (exact) mass is 358 g/mol. The standard InChI is InChI=1S/C22H32P2/c1-21(2,3)24(22(4,5)6)18-17-23(19-13-9-7-10-14-19)20-15-11-8-12-16-20/h7-16H,17-18H2,1-6H3. The molecule has 0 amide bonds. The molecule has 0 saturated carbocycles. The van der Waals surface area contributed by atoms with Gasteiger partial charge in [-0.15, -0.1) is 0 Å². The molecular formula is C22H32P2. The third-order valence-corrected chi connectivity index (χ3v) is 11.1. The molecule has 0 unspecified atom stereocenters. The van der Waals surface area contributed by atoms with E-state index in [0.29, 0.717) is 10.3 Å². The minimum atomic E-state index is -0.262. The third kappa shape index (κ3) is 5.40. The quantitative estimate of drug-likeness (QED) is 0.558. The molecule has 0 radical (unpaired) electrons. The molecule has 24 heavy (non-hydrogen) atoms. The van der Waals surface area contributed by atoms with Crippen molar-refractivity contribution in [3.63, 3.8) is 0 Å². The molecule has 2 aromatic rings. The van der Waals surface area contributed by atoms with E-state index in [1.54, 1.807) is 0 Å². The van der Waals surface area contributed by atoms with Crippen LogP contribution in [0.5, 0.6) is 0 Å². The fourth-order valence-electron chi connectivity index (χ4n) is 3.50. The van der Waals surface area contributed by atoms with Crippen molar-refractivity contribution in [3.05, 3.63) is 60.7 Å². The number of rotatable bonds is 5. The molecule has 0 aliphatic rings. The van der Waals surface area contributed by atoms with Crippen molar-refractivity contribution in [1.29, 1.82) is 0 Å². The summed E-state index contributed by atoms with van der Waals surface area (Å²) < 4.78 is 0. The van der Waals surface area contributed by atoms with Crippen LogP contribution < -0.4 is 10.6 Å². The van der Waals surface area contributed by atoms with Gasteiger partial charge < -0.3 is 0 Å². The highest BCUT2D eigenvalue weighted by Crippen LogP contribution is 2.60. The molecule has 0 aliphatic heterocycles. The number of hydrogen-bond donors (Lipinski definition) is 0. The summed E-state index contributed by atoms with van der Waals surface area (Å²) in [6, 6.07) is 22.2. The van der Waals surface area contributed by atoms with Gasteiger partial charge in [0.1, 0.15) is 0 Å². The summed E-state index contributed by atoms with van der Waals surface area (Å²) in [5.41, 5.74) is 0. The molecule has 0 aliphatic carbocycles. The molecule has 2 heteroatoms. The third-order valence-electron chi connectivity index (χ3n) is 4.30. The van der Waals surface area contributed by atoms with E-state index in [1.807, 2.05) is 0 Å². The first-order chi connectivity index (χ1) is 11.2. The minimum absolute atomic E-state index is 0.0398. The molecule has 0 fully saturated rings. The predicted octanol–water partition coefficient (Wildman–Crippen LogP) is 6.20. The molecule has 2 rings (SSSR count). The zero-order valence-electron chi connectivity index (χ0n) is 16.1. The summed E-state index contributed by atoms with van der Waals surface area (Å²) in [5.74, 6) is 0. The summed E-state index contributed by atoms with van der Waals surface area (Å²) in [6.07, 6.45) is 2.64. The Morgan fingerprint density at radius 1 is 0.583 bits per heavy atom. The highest BCUT2D eigenvalue weighted by molar-refractivity contribution is 7.74. The van der Waals surface area contributed by atoms with Crippen LogP contribution in [0.3, 0.4) is 0 Å². The molecule has 130 valence electrons. The van der Waals surface area contributed by atoms with Crippen LogP contribution in [-0.2, 0) is 0 Å². The Morgan fingerprint density at radius 3 is 1.29 bits per heavy atom. The van der Waals surface area contributed by atoms with Gasteiger partial charge in [0.2, 0.25) is 0 Å². The van der Waals surface area contributed by atoms with Crippen molar-refractivity contribution in [2.45, 2.75) is 51.9 Å². The van der Waals surface area contributed by atoms with Crippen LogP contribution in [0, 0.1) is 0 Å². The van der Waals surface area contributed by atoms with Crippen molar-refractivity contribution >= 4 is 26.5 Å². The van der Waals surface area contributed by atoms with Crippen molar-refractivity contribution in [2.24, 2.45) is 0 Å². The van der Waals surface area contributed by atoms with Crippen molar-refractivity contribution < 1.29 is 0 Å². The molecule has 2 aromatic carbocycles. The van der Waals surface area contributed by atoms with E-state index in [9.17, 15) is 0 Å².